The van der Waals surface area contributed by atoms with Gasteiger partial charge in [-0.05, 0) is 31.2 Å². The Morgan fingerprint density at radius 2 is 1.85 bits per heavy atom. The average molecular weight is 289 g/mol. The molecule has 0 amide bonds. The Hall–Kier alpha value is -1.81. The molecule has 4 heteroatoms. The van der Waals surface area contributed by atoms with Crippen LogP contribution in [0.2, 0.25) is 0 Å². The normalized spacial score (nSPS) is 10.3. The number of anilines is 1. The molecule has 0 heterocycles. The molecule has 2 rings (SSSR count). The molecule has 0 saturated heterocycles. The topological polar surface area (TPSA) is 44.5 Å². The fraction of sp³-hybridized carbons (Fsp3) is 0.250. The van der Waals surface area contributed by atoms with E-state index in [1.54, 1.807) is 26.0 Å². The molecule has 106 valence electrons. The minimum atomic E-state index is 0.766. The highest BCUT2D eigenvalue weighted by Gasteiger charge is 2.07. The number of benzene rings is 2. The lowest BCUT2D eigenvalue weighted by Crippen LogP contribution is -1.93. The van der Waals surface area contributed by atoms with Crippen molar-refractivity contribution in [3.05, 3.63) is 47.5 Å². The van der Waals surface area contributed by atoms with Gasteiger partial charge >= 0.3 is 0 Å². The number of aryl methyl sites for hydroxylation is 1. The Morgan fingerprint density at radius 1 is 1.05 bits per heavy atom. The Balaban J connectivity index is 2.18. The van der Waals surface area contributed by atoms with Gasteiger partial charge in [0.15, 0.2) is 0 Å². The standard InChI is InChI=1S/C16H19NO2S/c1-11-4-7-15(19-3)12(8-11)10-20-16-9-13(18-2)5-6-14(16)17/h4-9H,10,17H2,1-3H3. The number of rotatable bonds is 5. The molecule has 0 aromatic heterocycles. The summed E-state index contributed by atoms with van der Waals surface area (Å²) < 4.78 is 10.6. The fourth-order valence-corrected chi connectivity index (χ4v) is 2.91. The van der Waals surface area contributed by atoms with E-state index >= 15 is 0 Å². The van der Waals surface area contributed by atoms with Crippen LogP contribution in [-0.2, 0) is 5.75 Å². The van der Waals surface area contributed by atoms with Gasteiger partial charge in [0.2, 0.25) is 0 Å². The molecule has 20 heavy (non-hydrogen) atoms. The third-order valence-corrected chi connectivity index (χ3v) is 4.16. The van der Waals surface area contributed by atoms with E-state index in [0.717, 1.165) is 27.8 Å². The first-order chi connectivity index (χ1) is 9.63. The van der Waals surface area contributed by atoms with Gasteiger partial charge in [-0.2, -0.15) is 0 Å². The average Bonchev–Trinajstić information content (AvgIpc) is 2.46. The third kappa shape index (κ3) is 3.39. The van der Waals surface area contributed by atoms with E-state index < -0.39 is 0 Å². The maximum Gasteiger partial charge on any atom is 0.122 e. The van der Waals surface area contributed by atoms with Gasteiger partial charge < -0.3 is 15.2 Å². The molecular formula is C16H19NO2S. The number of methoxy groups -OCH3 is 2. The molecule has 0 aliphatic heterocycles. The Morgan fingerprint density at radius 3 is 2.55 bits per heavy atom. The third-order valence-electron chi connectivity index (χ3n) is 3.04. The summed E-state index contributed by atoms with van der Waals surface area (Å²) in [5.41, 5.74) is 9.16. The summed E-state index contributed by atoms with van der Waals surface area (Å²) in [7, 11) is 3.35. The summed E-state index contributed by atoms with van der Waals surface area (Å²) in [5, 5.41) is 0. The summed E-state index contributed by atoms with van der Waals surface area (Å²) in [5.74, 6) is 2.53. The zero-order valence-corrected chi connectivity index (χ0v) is 12.8. The molecule has 0 aliphatic carbocycles. The predicted molar refractivity (Wildman–Crippen MR) is 84.7 cm³/mol. The lowest BCUT2D eigenvalue weighted by Gasteiger charge is -2.11. The molecule has 2 N–H and O–H groups in total. The van der Waals surface area contributed by atoms with Crippen LogP contribution in [0.1, 0.15) is 11.1 Å². The zero-order chi connectivity index (χ0) is 14.5. The van der Waals surface area contributed by atoms with Gasteiger partial charge in [0.05, 0.1) is 14.2 Å². The quantitative estimate of drug-likeness (QED) is 0.670. The molecule has 0 saturated carbocycles. The summed E-state index contributed by atoms with van der Waals surface area (Å²) in [6, 6.07) is 11.9. The Kier molecular flexibility index (Phi) is 4.79. The SMILES string of the molecule is COc1ccc(N)c(SCc2cc(C)ccc2OC)c1. The molecule has 0 radical (unpaired) electrons. The van der Waals surface area contributed by atoms with Gasteiger partial charge in [-0.15, -0.1) is 11.8 Å². The largest absolute Gasteiger partial charge is 0.497 e. The molecule has 0 spiro atoms. The minimum absolute atomic E-state index is 0.766. The van der Waals surface area contributed by atoms with Crippen molar-refractivity contribution in [2.24, 2.45) is 0 Å². The van der Waals surface area contributed by atoms with Crippen LogP contribution < -0.4 is 15.2 Å². The van der Waals surface area contributed by atoms with Crippen molar-refractivity contribution in [2.75, 3.05) is 20.0 Å². The lowest BCUT2D eigenvalue weighted by molar-refractivity contribution is 0.411. The zero-order valence-electron chi connectivity index (χ0n) is 12.0. The first-order valence-electron chi connectivity index (χ1n) is 6.34. The number of nitrogen functional groups attached to an aromatic ring is 1. The van der Waals surface area contributed by atoms with Gasteiger partial charge in [0.25, 0.3) is 0 Å². The van der Waals surface area contributed by atoms with Crippen molar-refractivity contribution in [3.8, 4) is 11.5 Å². The van der Waals surface area contributed by atoms with Crippen molar-refractivity contribution in [1.29, 1.82) is 0 Å². The summed E-state index contributed by atoms with van der Waals surface area (Å²) in [6.45, 7) is 2.08. The number of ether oxygens (including phenoxy) is 2. The van der Waals surface area contributed by atoms with E-state index in [1.165, 1.54) is 11.1 Å². The van der Waals surface area contributed by atoms with Crippen LogP contribution in [0.4, 0.5) is 5.69 Å². The number of hydrogen-bond acceptors (Lipinski definition) is 4. The predicted octanol–water partition coefficient (Wildman–Crippen LogP) is 3.89. The highest BCUT2D eigenvalue weighted by molar-refractivity contribution is 7.98. The van der Waals surface area contributed by atoms with Crippen LogP contribution in [0.25, 0.3) is 0 Å². The molecule has 0 atom stereocenters. The van der Waals surface area contributed by atoms with Crippen molar-refractivity contribution in [3.63, 3.8) is 0 Å². The second-order valence-corrected chi connectivity index (χ2v) is 5.52. The van der Waals surface area contributed by atoms with Gasteiger partial charge in [0.1, 0.15) is 11.5 Å². The first kappa shape index (κ1) is 14.6. The molecule has 2 aromatic carbocycles. The summed E-state index contributed by atoms with van der Waals surface area (Å²) >= 11 is 1.68. The second-order valence-electron chi connectivity index (χ2n) is 4.51. The van der Waals surface area contributed by atoms with Crippen LogP contribution in [0.5, 0.6) is 11.5 Å². The van der Waals surface area contributed by atoms with Crippen LogP contribution >= 0.6 is 11.8 Å². The summed E-state index contributed by atoms with van der Waals surface area (Å²) in [4.78, 5) is 1.02. The molecule has 2 aromatic rings. The fourth-order valence-electron chi connectivity index (χ4n) is 1.94. The van der Waals surface area contributed by atoms with E-state index in [0.29, 0.717) is 0 Å². The Labute approximate surface area is 124 Å². The maximum atomic E-state index is 6.00. The van der Waals surface area contributed by atoms with Gasteiger partial charge in [0, 0.05) is 21.9 Å². The second kappa shape index (κ2) is 6.57. The highest BCUT2D eigenvalue weighted by atomic mass is 32.2. The van der Waals surface area contributed by atoms with E-state index in [4.69, 9.17) is 15.2 Å². The van der Waals surface area contributed by atoms with Crippen molar-refractivity contribution in [2.45, 2.75) is 17.6 Å². The monoisotopic (exact) mass is 289 g/mol. The number of nitrogens with two attached hydrogens (primary N) is 1. The van der Waals surface area contributed by atoms with Crippen LogP contribution in [0.15, 0.2) is 41.3 Å². The number of hydrogen-bond donors (Lipinski definition) is 1. The Bertz CT molecular complexity index is 599. The lowest BCUT2D eigenvalue weighted by atomic mass is 10.1. The maximum absolute atomic E-state index is 6.00. The molecule has 0 bridgehead atoms. The number of thioether (sulfide) groups is 1. The smallest absolute Gasteiger partial charge is 0.122 e. The van der Waals surface area contributed by atoms with E-state index in [9.17, 15) is 0 Å². The van der Waals surface area contributed by atoms with Gasteiger partial charge in [-0.1, -0.05) is 17.7 Å². The highest BCUT2D eigenvalue weighted by Crippen LogP contribution is 2.33. The van der Waals surface area contributed by atoms with E-state index in [1.807, 2.05) is 30.3 Å². The van der Waals surface area contributed by atoms with E-state index in [-0.39, 0.29) is 0 Å². The van der Waals surface area contributed by atoms with Gasteiger partial charge in [-0.3, -0.25) is 0 Å². The summed E-state index contributed by atoms with van der Waals surface area (Å²) in [6.07, 6.45) is 0. The van der Waals surface area contributed by atoms with Gasteiger partial charge in [-0.25, -0.2) is 0 Å². The molecule has 0 aliphatic rings. The minimum Gasteiger partial charge on any atom is -0.497 e. The molecular weight excluding hydrogens is 270 g/mol. The van der Waals surface area contributed by atoms with Crippen LogP contribution in [-0.4, -0.2) is 14.2 Å². The molecule has 3 nitrogen and oxygen atoms in total. The molecule has 0 unspecified atom stereocenters. The van der Waals surface area contributed by atoms with Crippen molar-refractivity contribution >= 4 is 17.4 Å². The van der Waals surface area contributed by atoms with Crippen molar-refractivity contribution in [1.82, 2.24) is 0 Å². The van der Waals surface area contributed by atoms with Crippen molar-refractivity contribution < 1.29 is 9.47 Å². The van der Waals surface area contributed by atoms with E-state index in [2.05, 4.69) is 13.0 Å². The molecule has 0 fully saturated rings. The van der Waals surface area contributed by atoms with Crippen LogP contribution in [0, 0.1) is 6.92 Å². The first-order valence-corrected chi connectivity index (χ1v) is 7.32. The van der Waals surface area contributed by atoms with Crippen LogP contribution in [0.3, 0.4) is 0 Å².